The number of hydrogen-bond acceptors (Lipinski definition) is 8. The summed E-state index contributed by atoms with van der Waals surface area (Å²) in [6.07, 6.45) is -3.29. The number of nitrogens with zero attached hydrogens (tertiary/aromatic N) is 3. The van der Waals surface area contributed by atoms with Gasteiger partial charge >= 0.3 is 12.1 Å². The number of aliphatic carboxylic acids is 1. The zero-order chi connectivity index (χ0) is 29.9. The predicted octanol–water partition coefficient (Wildman–Crippen LogP) is 3.09. The molecule has 5 rings (SSSR count). The number of carbonyl (C=O) groups is 2. The Morgan fingerprint density at radius 2 is 1.83 bits per heavy atom. The minimum atomic E-state index is -5.08. The van der Waals surface area contributed by atoms with Crippen molar-refractivity contribution in [3.8, 4) is 5.75 Å². The Labute approximate surface area is 231 Å². The number of sulfonamides is 1. The quantitative estimate of drug-likeness (QED) is 0.306. The predicted molar refractivity (Wildman–Crippen MR) is 142 cm³/mol. The van der Waals surface area contributed by atoms with Crippen molar-refractivity contribution >= 4 is 49.4 Å². The number of fused-ring (bicyclic) bond motifs is 2. The molecule has 11 nitrogen and oxygen atoms in total. The maximum atomic E-state index is 13.0. The van der Waals surface area contributed by atoms with E-state index >= 15 is 0 Å². The van der Waals surface area contributed by atoms with E-state index in [0.29, 0.717) is 36.6 Å². The number of alkyl halides is 3. The van der Waals surface area contributed by atoms with Crippen LogP contribution in [0, 0.1) is 0 Å². The third-order valence-electron chi connectivity index (χ3n) is 6.27. The molecule has 0 unspecified atom stereocenters. The van der Waals surface area contributed by atoms with Crippen LogP contribution in [0.3, 0.4) is 0 Å². The van der Waals surface area contributed by atoms with Gasteiger partial charge in [-0.15, -0.1) is 0 Å². The third-order valence-corrected chi connectivity index (χ3v) is 7.74. The lowest BCUT2D eigenvalue weighted by Gasteiger charge is -2.18. The molecule has 3 aromatic carbocycles. The molecular formula is C26H24F3N5O6S. The average Bonchev–Trinajstić information content (AvgIpc) is 3.25. The minimum Gasteiger partial charge on any atom is -0.497 e. The molecule has 0 radical (unpaired) electrons. The number of carbonyl (C=O) groups excluding carboxylic acids is 1. The molecule has 1 aliphatic rings. The second kappa shape index (κ2) is 11.5. The number of carboxylic acids is 1. The Morgan fingerprint density at radius 1 is 1.12 bits per heavy atom. The van der Waals surface area contributed by atoms with Crippen molar-refractivity contribution in [2.75, 3.05) is 19.4 Å². The molecule has 216 valence electrons. The van der Waals surface area contributed by atoms with Gasteiger partial charge in [0.1, 0.15) is 23.9 Å². The van der Waals surface area contributed by atoms with Crippen molar-refractivity contribution in [2.45, 2.75) is 30.1 Å². The first-order valence-corrected chi connectivity index (χ1v) is 13.4. The standard InChI is InChI=1S/C24H23N5O4S.C2HF3O2/c1-33-18-5-3-16-4-6-19(12-17(16)11-18)34(31,32)28-21-8-9-29(24(21)30)13-15-2-7-20-22(10-15)26-14-27-23(20)25;3-2(4,5)1(6)7/h2-7,10-12,14,21,28H,8-9,13H2,1H3,(H2,25,26,27);(H,6,7)/t21-;/m0./s1. The van der Waals surface area contributed by atoms with Crippen molar-refractivity contribution in [2.24, 2.45) is 0 Å². The molecule has 41 heavy (non-hydrogen) atoms. The number of carboxylic acid groups (broad SMARTS) is 1. The normalized spacial score (nSPS) is 15.6. The average molecular weight is 592 g/mol. The highest BCUT2D eigenvalue weighted by atomic mass is 32.2. The molecule has 1 aliphatic heterocycles. The number of halogens is 3. The van der Waals surface area contributed by atoms with Gasteiger partial charge < -0.3 is 20.5 Å². The molecule has 1 saturated heterocycles. The van der Waals surface area contributed by atoms with E-state index in [-0.39, 0.29) is 10.8 Å². The highest BCUT2D eigenvalue weighted by Crippen LogP contribution is 2.25. The summed E-state index contributed by atoms with van der Waals surface area (Å²) >= 11 is 0. The Bertz CT molecular complexity index is 1730. The maximum absolute atomic E-state index is 13.0. The van der Waals surface area contributed by atoms with E-state index < -0.39 is 28.2 Å². The number of amides is 1. The van der Waals surface area contributed by atoms with Gasteiger partial charge in [0.05, 0.1) is 17.5 Å². The van der Waals surface area contributed by atoms with Crippen LogP contribution in [0.4, 0.5) is 19.0 Å². The molecule has 0 saturated carbocycles. The van der Waals surface area contributed by atoms with Crippen molar-refractivity contribution in [1.82, 2.24) is 19.6 Å². The number of rotatable bonds is 6. The van der Waals surface area contributed by atoms with Crippen LogP contribution in [0.5, 0.6) is 5.75 Å². The van der Waals surface area contributed by atoms with Crippen LogP contribution < -0.4 is 15.2 Å². The number of nitrogens with one attached hydrogen (secondary N) is 1. The molecule has 15 heteroatoms. The summed E-state index contributed by atoms with van der Waals surface area (Å²) in [6.45, 7) is 0.803. The highest BCUT2D eigenvalue weighted by Gasteiger charge is 2.38. The van der Waals surface area contributed by atoms with Crippen LogP contribution in [0.25, 0.3) is 21.7 Å². The molecule has 0 spiro atoms. The fraction of sp³-hybridized carbons (Fsp3) is 0.231. The molecule has 4 aromatic rings. The molecule has 2 heterocycles. The lowest BCUT2D eigenvalue weighted by Crippen LogP contribution is -2.41. The van der Waals surface area contributed by atoms with Gasteiger partial charge in [0.2, 0.25) is 15.9 Å². The van der Waals surface area contributed by atoms with Crippen molar-refractivity contribution in [3.63, 3.8) is 0 Å². The fourth-order valence-corrected chi connectivity index (χ4v) is 5.46. The summed E-state index contributed by atoms with van der Waals surface area (Å²) in [7, 11) is -2.33. The van der Waals surface area contributed by atoms with Crippen LogP contribution in [0.1, 0.15) is 12.0 Å². The van der Waals surface area contributed by atoms with Gasteiger partial charge in [-0.25, -0.2) is 23.2 Å². The largest absolute Gasteiger partial charge is 0.497 e. The molecule has 0 aliphatic carbocycles. The van der Waals surface area contributed by atoms with Crippen molar-refractivity contribution in [1.29, 1.82) is 0 Å². The Kier molecular flexibility index (Phi) is 8.30. The Morgan fingerprint density at radius 3 is 2.51 bits per heavy atom. The number of ether oxygens (including phenoxy) is 1. The van der Waals surface area contributed by atoms with Gasteiger partial charge in [-0.3, -0.25) is 4.79 Å². The van der Waals surface area contributed by atoms with Crippen LogP contribution in [-0.2, 0) is 26.2 Å². The molecular weight excluding hydrogens is 567 g/mol. The van der Waals surface area contributed by atoms with Crippen LogP contribution >= 0.6 is 0 Å². The molecule has 1 atom stereocenters. The maximum Gasteiger partial charge on any atom is 0.490 e. The zero-order valence-electron chi connectivity index (χ0n) is 21.4. The number of nitrogens with two attached hydrogens (primary N) is 1. The molecule has 1 amide bonds. The number of benzene rings is 3. The lowest BCUT2D eigenvalue weighted by atomic mass is 10.1. The summed E-state index contributed by atoms with van der Waals surface area (Å²) < 4.78 is 65.6. The summed E-state index contributed by atoms with van der Waals surface area (Å²) in [6, 6.07) is 15.1. The molecule has 1 fully saturated rings. The van der Waals surface area contributed by atoms with Gasteiger partial charge in [0, 0.05) is 18.5 Å². The zero-order valence-corrected chi connectivity index (χ0v) is 22.2. The summed E-state index contributed by atoms with van der Waals surface area (Å²) in [5.41, 5.74) is 7.45. The van der Waals surface area contributed by atoms with E-state index in [4.69, 9.17) is 20.4 Å². The third kappa shape index (κ3) is 6.81. The smallest absolute Gasteiger partial charge is 0.490 e. The van der Waals surface area contributed by atoms with Gasteiger partial charge in [-0.1, -0.05) is 18.2 Å². The molecule has 0 bridgehead atoms. The van der Waals surface area contributed by atoms with E-state index in [1.807, 2.05) is 30.3 Å². The highest BCUT2D eigenvalue weighted by molar-refractivity contribution is 7.89. The second-order valence-electron chi connectivity index (χ2n) is 9.01. The van der Waals surface area contributed by atoms with Crippen molar-refractivity contribution in [3.05, 3.63) is 66.5 Å². The number of nitrogen functional groups attached to an aromatic ring is 1. The first-order valence-electron chi connectivity index (χ1n) is 12.0. The number of aromatic nitrogens is 2. The van der Waals surface area contributed by atoms with Gasteiger partial charge in [0.15, 0.2) is 0 Å². The Hall–Kier alpha value is -4.50. The number of anilines is 1. The fourth-order valence-electron chi connectivity index (χ4n) is 4.20. The van der Waals surface area contributed by atoms with Crippen LogP contribution in [0.15, 0.2) is 65.8 Å². The summed E-state index contributed by atoms with van der Waals surface area (Å²) in [5.74, 6) is -1.98. The summed E-state index contributed by atoms with van der Waals surface area (Å²) in [5, 5.41) is 9.50. The SMILES string of the molecule is COc1ccc2ccc(S(=O)(=O)N[C@H]3CCN(Cc4ccc5c(N)ncnc5c4)C3=O)cc2c1.O=C(O)C(F)(F)F. The Balaban J connectivity index is 0.000000493. The minimum absolute atomic E-state index is 0.103. The second-order valence-corrected chi connectivity index (χ2v) is 10.7. The van der Waals surface area contributed by atoms with Crippen molar-refractivity contribution < 1.29 is 41.0 Å². The molecule has 4 N–H and O–H groups in total. The number of likely N-dealkylation sites (tertiary alicyclic amines) is 1. The number of hydrogen-bond donors (Lipinski definition) is 3. The monoisotopic (exact) mass is 591 g/mol. The van der Waals surface area contributed by atoms with Gasteiger partial charge in [-0.05, 0) is 59.2 Å². The topological polar surface area (TPSA) is 165 Å². The van der Waals surface area contributed by atoms with Gasteiger partial charge in [-0.2, -0.15) is 17.9 Å². The first-order chi connectivity index (χ1) is 19.3. The van der Waals surface area contributed by atoms with E-state index in [1.54, 1.807) is 30.2 Å². The van der Waals surface area contributed by atoms with E-state index in [2.05, 4.69) is 14.7 Å². The first kappa shape index (κ1) is 29.5. The van der Waals surface area contributed by atoms with E-state index in [0.717, 1.165) is 21.7 Å². The van der Waals surface area contributed by atoms with E-state index in [9.17, 15) is 26.4 Å². The lowest BCUT2D eigenvalue weighted by molar-refractivity contribution is -0.192. The van der Waals surface area contributed by atoms with Gasteiger partial charge in [0.25, 0.3) is 0 Å². The number of methoxy groups -OCH3 is 1. The van der Waals surface area contributed by atoms with Crippen LogP contribution in [-0.4, -0.2) is 66.1 Å². The van der Waals surface area contributed by atoms with E-state index in [1.165, 1.54) is 12.4 Å². The van der Waals surface area contributed by atoms with Crippen LogP contribution in [0.2, 0.25) is 0 Å². The summed E-state index contributed by atoms with van der Waals surface area (Å²) in [4.78, 5) is 31.8. The molecule has 1 aromatic heterocycles.